The Bertz CT molecular complexity index is 865. The Kier molecular flexibility index (Phi) is 3.80. The first-order valence-corrected chi connectivity index (χ1v) is 8.29. The summed E-state index contributed by atoms with van der Waals surface area (Å²) in [4.78, 5) is 28.4. The number of nitrogens with zero attached hydrogens (tertiary/aromatic N) is 3. The number of carboxylic acid groups (broad SMARTS) is 1. The molecule has 2 aromatic rings. The summed E-state index contributed by atoms with van der Waals surface area (Å²) < 4.78 is 1.52. The van der Waals surface area contributed by atoms with Crippen LogP contribution in [0.3, 0.4) is 0 Å². The fourth-order valence-corrected chi connectivity index (χ4v) is 4.05. The highest BCUT2D eigenvalue weighted by molar-refractivity contribution is 6.31. The molecule has 2 N–H and O–H groups in total. The van der Waals surface area contributed by atoms with Gasteiger partial charge in [0.1, 0.15) is 12.7 Å². The van der Waals surface area contributed by atoms with Crippen LogP contribution in [0.2, 0.25) is 5.02 Å². The minimum atomic E-state index is -0.931. The lowest BCUT2D eigenvalue weighted by Crippen LogP contribution is -2.36. The number of allylic oxidation sites excluding steroid dienone is 2. The van der Waals surface area contributed by atoms with Gasteiger partial charge in [-0.05, 0) is 36.5 Å². The molecule has 1 aromatic carbocycles. The van der Waals surface area contributed by atoms with Gasteiger partial charge < -0.3 is 10.4 Å². The van der Waals surface area contributed by atoms with Crippen molar-refractivity contribution < 1.29 is 14.7 Å². The van der Waals surface area contributed by atoms with Crippen molar-refractivity contribution in [3.63, 3.8) is 0 Å². The summed E-state index contributed by atoms with van der Waals surface area (Å²) in [7, 11) is 0. The number of nitrogens with one attached hydrogen (secondary N) is 1. The lowest BCUT2D eigenvalue weighted by Gasteiger charge is -2.24. The standard InChI is InChI=1S/C17H15ClN4O3/c18-11-3-4-13(22-8-19-7-20-22)12(6-11)21-16(23)14-9-1-2-10(5-9)15(14)17(24)25/h1-4,6-10,14-15H,5H2,(H,21,23)(H,24,25)/t9-,10-,14+,15+/m0/s1. The molecular weight excluding hydrogens is 344 g/mol. The average Bonchev–Trinajstić information content (AvgIpc) is 3.31. The number of amides is 1. The number of anilines is 1. The summed E-state index contributed by atoms with van der Waals surface area (Å²) in [6.07, 6.45) is 7.47. The highest BCUT2D eigenvalue weighted by Gasteiger charge is 2.51. The van der Waals surface area contributed by atoms with Gasteiger partial charge in [-0.1, -0.05) is 23.8 Å². The summed E-state index contributed by atoms with van der Waals surface area (Å²) in [6.45, 7) is 0. The summed E-state index contributed by atoms with van der Waals surface area (Å²) in [5.41, 5.74) is 1.08. The number of carboxylic acids is 1. The molecule has 1 amide bonds. The van der Waals surface area contributed by atoms with Crippen LogP contribution in [0.4, 0.5) is 5.69 Å². The smallest absolute Gasteiger partial charge is 0.307 e. The van der Waals surface area contributed by atoms with E-state index in [1.54, 1.807) is 18.2 Å². The molecule has 0 unspecified atom stereocenters. The van der Waals surface area contributed by atoms with Crippen molar-refractivity contribution in [3.05, 3.63) is 48.0 Å². The van der Waals surface area contributed by atoms with Crippen molar-refractivity contribution in [2.45, 2.75) is 6.42 Å². The predicted molar refractivity (Wildman–Crippen MR) is 90.4 cm³/mol. The van der Waals surface area contributed by atoms with Crippen molar-refractivity contribution in [1.29, 1.82) is 0 Å². The molecule has 25 heavy (non-hydrogen) atoms. The number of rotatable bonds is 4. The fourth-order valence-electron chi connectivity index (χ4n) is 3.87. The lowest BCUT2D eigenvalue weighted by atomic mass is 9.82. The molecular formula is C17H15ClN4O3. The Labute approximate surface area is 148 Å². The minimum absolute atomic E-state index is 0.0416. The highest BCUT2D eigenvalue weighted by atomic mass is 35.5. The molecule has 128 valence electrons. The Morgan fingerprint density at radius 2 is 2.00 bits per heavy atom. The Morgan fingerprint density at radius 3 is 2.68 bits per heavy atom. The molecule has 2 aliphatic rings. The number of hydrogen-bond donors (Lipinski definition) is 2. The molecule has 8 heteroatoms. The first kappa shape index (κ1) is 15.8. The quantitative estimate of drug-likeness (QED) is 0.818. The largest absolute Gasteiger partial charge is 0.481 e. The molecule has 0 aliphatic heterocycles. The summed E-state index contributed by atoms with van der Waals surface area (Å²) in [5.74, 6) is -2.64. The monoisotopic (exact) mass is 358 g/mol. The topological polar surface area (TPSA) is 97.1 Å². The Hall–Kier alpha value is -2.67. The molecule has 0 saturated heterocycles. The number of aliphatic carboxylic acids is 1. The van der Waals surface area contributed by atoms with Gasteiger partial charge in [-0.2, -0.15) is 5.10 Å². The number of hydrogen-bond acceptors (Lipinski definition) is 4. The van der Waals surface area contributed by atoms with Gasteiger partial charge in [0.05, 0.1) is 23.2 Å². The fraction of sp³-hybridized carbons (Fsp3) is 0.294. The number of fused-ring (bicyclic) bond motifs is 2. The third kappa shape index (κ3) is 2.70. The molecule has 2 bridgehead atoms. The maximum atomic E-state index is 12.9. The number of carbonyl (C=O) groups is 2. The molecule has 4 atom stereocenters. The van der Waals surface area contributed by atoms with Crippen LogP contribution in [0, 0.1) is 23.7 Å². The van der Waals surface area contributed by atoms with Crippen LogP contribution in [0.25, 0.3) is 5.69 Å². The van der Waals surface area contributed by atoms with E-state index < -0.39 is 17.8 Å². The van der Waals surface area contributed by atoms with Gasteiger partial charge in [0.2, 0.25) is 5.91 Å². The Balaban J connectivity index is 1.64. The molecule has 1 aromatic heterocycles. The second-order valence-corrected chi connectivity index (χ2v) is 6.77. The zero-order chi connectivity index (χ0) is 17.6. The first-order valence-electron chi connectivity index (χ1n) is 7.91. The maximum Gasteiger partial charge on any atom is 0.307 e. The molecule has 2 aliphatic carbocycles. The number of aromatic nitrogens is 3. The second-order valence-electron chi connectivity index (χ2n) is 6.33. The number of halogens is 1. The zero-order valence-corrected chi connectivity index (χ0v) is 13.8. The highest BCUT2D eigenvalue weighted by Crippen LogP contribution is 2.48. The van der Waals surface area contributed by atoms with E-state index >= 15 is 0 Å². The van der Waals surface area contributed by atoms with Gasteiger partial charge in [0.15, 0.2) is 0 Å². The summed E-state index contributed by atoms with van der Waals surface area (Å²) in [5, 5.41) is 16.9. The minimum Gasteiger partial charge on any atom is -0.481 e. The van der Waals surface area contributed by atoms with E-state index in [2.05, 4.69) is 15.4 Å². The van der Waals surface area contributed by atoms with Crippen LogP contribution >= 0.6 is 11.6 Å². The normalized spacial score (nSPS) is 26.8. The molecule has 1 saturated carbocycles. The van der Waals surface area contributed by atoms with Gasteiger partial charge in [-0.3, -0.25) is 9.59 Å². The van der Waals surface area contributed by atoms with Crippen LogP contribution in [0.15, 0.2) is 43.0 Å². The predicted octanol–water partition coefficient (Wildman–Crippen LogP) is 2.38. The molecule has 7 nitrogen and oxygen atoms in total. The SMILES string of the molecule is O=C(O)[C@H]1[C@H](C(=O)Nc2cc(Cl)ccc2-n2cncn2)[C@H]2C=C[C@H]1C2. The third-order valence-electron chi connectivity index (χ3n) is 4.93. The maximum absolute atomic E-state index is 12.9. The van der Waals surface area contributed by atoms with E-state index in [1.165, 1.54) is 17.3 Å². The molecule has 1 fully saturated rings. The van der Waals surface area contributed by atoms with E-state index in [9.17, 15) is 14.7 Å². The van der Waals surface area contributed by atoms with E-state index in [0.717, 1.165) is 0 Å². The summed E-state index contributed by atoms with van der Waals surface area (Å²) in [6, 6.07) is 5.03. The average molecular weight is 359 g/mol. The van der Waals surface area contributed by atoms with Crippen molar-refractivity contribution in [1.82, 2.24) is 14.8 Å². The van der Waals surface area contributed by atoms with Crippen LogP contribution < -0.4 is 5.32 Å². The van der Waals surface area contributed by atoms with Gasteiger partial charge in [-0.25, -0.2) is 9.67 Å². The molecule has 0 radical (unpaired) electrons. The molecule has 1 heterocycles. The van der Waals surface area contributed by atoms with Crippen molar-refractivity contribution in [2.75, 3.05) is 5.32 Å². The first-order chi connectivity index (χ1) is 12.0. The van der Waals surface area contributed by atoms with Crippen LogP contribution in [0.1, 0.15) is 6.42 Å². The van der Waals surface area contributed by atoms with E-state index in [4.69, 9.17) is 11.6 Å². The van der Waals surface area contributed by atoms with Crippen LogP contribution in [0.5, 0.6) is 0 Å². The van der Waals surface area contributed by atoms with Crippen LogP contribution in [-0.2, 0) is 9.59 Å². The van der Waals surface area contributed by atoms with Crippen molar-refractivity contribution in [3.8, 4) is 5.69 Å². The van der Waals surface area contributed by atoms with Gasteiger partial charge in [0, 0.05) is 5.02 Å². The number of benzene rings is 1. The van der Waals surface area contributed by atoms with E-state index in [-0.39, 0.29) is 17.7 Å². The van der Waals surface area contributed by atoms with E-state index in [0.29, 0.717) is 22.8 Å². The van der Waals surface area contributed by atoms with Gasteiger partial charge in [-0.15, -0.1) is 0 Å². The zero-order valence-electron chi connectivity index (χ0n) is 13.0. The van der Waals surface area contributed by atoms with Crippen molar-refractivity contribution >= 4 is 29.2 Å². The van der Waals surface area contributed by atoms with Gasteiger partial charge in [0.25, 0.3) is 0 Å². The molecule has 4 rings (SSSR count). The van der Waals surface area contributed by atoms with Crippen LogP contribution in [-0.4, -0.2) is 31.7 Å². The molecule has 0 spiro atoms. The van der Waals surface area contributed by atoms with Crippen molar-refractivity contribution in [2.24, 2.45) is 23.7 Å². The summed E-state index contributed by atoms with van der Waals surface area (Å²) >= 11 is 6.06. The number of carbonyl (C=O) groups excluding carboxylic acids is 1. The third-order valence-corrected chi connectivity index (χ3v) is 5.16. The van der Waals surface area contributed by atoms with Gasteiger partial charge >= 0.3 is 5.97 Å². The van der Waals surface area contributed by atoms with E-state index in [1.807, 2.05) is 12.2 Å². The second kappa shape index (κ2) is 6.00. The Morgan fingerprint density at radius 1 is 1.24 bits per heavy atom. The lowest BCUT2D eigenvalue weighted by molar-refractivity contribution is -0.146.